The lowest BCUT2D eigenvalue weighted by molar-refractivity contribution is -0.139. The number of H-pyrrole nitrogens is 1. The number of nitrogens with one attached hydrogen (secondary N) is 1. The molecular formula is C34H31N3O5S. The number of carbonyl (C=O) groups excluding carboxylic acids is 1. The molecule has 8 nitrogen and oxygen atoms in total. The third-order valence-electron chi connectivity index (χ3n) is 7.58. The maximum absolute atomic E-state index is 14.4. The van der Waals surface area contributed by atoms with Crippen molar-refractivity contribution in [1.29, 1.82) is 0 Å². The summed E-state index contributed by atoms with van der Waals surface area (Å²) in [5.41, 5.74) is 6.01. The van der Waals surface area contributed by atoms with Crippen molar-refractivity contribution in [3.05, 3.63) is 114 Å². The highest BCUT2D eigenvalue weighted by atomic mass is 32.1. The Morgan fingerprint density at radius 3 is 2.56 bits per heavy atom. The molecule has 1 aliphatic rings. The van der Waals surface area contributed by atoms with Crippen molar-refractivity contribution in [2.24, 2.45) is 4.99 Å². The molecule has 0 amide bonds. The Morgan fingerprint density at radius 1 is 1.05 bits per heavy atom. The fourth-order valence-corrected chi connectivity index (χ4v) is 6.61. The molecule has 6 rings (SSSR count). The number of fused-ring (bicyclic) bond motifs is 2. The summed E-state index contributed by atoms with van der Waals surface area (Å²) < 4.78 is 18.7. The standard InChI is InChI=1S/C34H31N3O5S/c1-6-42-33(39)29-20(3)35-34-37(31(29)25-17-22(40-4)13-15-27(25)41-5)32(38)28(43-34)18-24-23-16-19(2)12-14-26(23)36-30(24)21-10-8-7-9-11-21/h7-18,31,36H,6H2,1-5H3/b28-18+/t31-/m1/s1. The second-order valence-corrected chi connectivity index (χ2v) is 11.2. The predicted octanol–water partition coefficient (Wildman–Crippen LogP) is 5.27. The van der Waals surface area contributed by atoms with Gasteiger partial charge in [0.1, 0.15) is 17.5 Å². The average Bonchev–Trinajstić information content (AvgIpc) is 3.52. The molecular weight excluding hydrogens is 562 g/mol. The maximum Gasteiger partial charge on any atom is 0.338 e. The molecule has 3 aromatic carbocycles. The van der Waals surface area contributed by atoms with Crippen LogP contribution in [0.4, 0.5) is 0 Å². The lowest BCUT2D eigenvalue weighted by Crippen LogP contribution is -2.40. The molecule has 1 N–H and O–H groups in total. The van der Waals surface area contributed by atoms with Gasteiger partial charge in [0.15, 0.2) is 4.80 Å². The molecule has 218 valence electrons. The summed E-state index contributed by atoms with van der Waals surface area (Å²) in [7, 11) is 3.12. The molecule has 1 atom stereocenters. The largest absolute Gasteiger partial charge is 0.497 e. The van der Waals surface area contributed by atoms with Gasteiger partial charge in [-0.15, -0.1) is 0 Å². The van der Waals surface area contributed by atoms with E-state index in [1.165, 1.54) is 11.3 Å². The number of ether oxygens (including phenoxy) is 3. The van der Waals surface area contributed by atoms with E-state index in [-0.39, 0.29) is 17.7 Å². The Morgan fingerprint density at radius 2 is 1.84 bits per heavy atom. The zero-order valence-corrected chi connectivity index (χ0v) is 25.4. The molecule has 0 saturated heterocycles. The van der Waals surface area contributed by atoms with Gasteiger partial charge in [-0.1, -0.05) is 53.3 Å². The molecule has 5 aromatic rings. The lowest BCUT2D eigenvalue weighted by Gasteiger charge is -2.26. The van der Waals surface area contributed by atoms with E-state index in [0.29, 0.717) is 32.1 Å². The first-order valence-corrected chi connectivity index (χ1v) is 14.8. The van der Waals surface area contributed by atoms with Crippen LogP contribution in [0, 0.1) is 6.92 Å². The van der Waals surface area contributed by atoms with Gasteiger partial charge in [0, 0.05) is 22.0 Å². The fraction of sp³-hybridized carbons (Fsp3) is 0.206. The number of hydrogen-bond donors (Lipinski definition) is 1. The molecule has 1 aliphatic heterocycles. The van der Waals surface area contributed by atoms with Crippen LogP contribution in [0.15, 0.2) is 87.8 Å². The minimum absolute atomic E-state index is 0.185. The average molecular weight is 594 g/mol. The lowest BCUT2D eigenvalue weighted by atomic mass is 9.94. The van der Waals surface area contributed by atoms with Crippen molar-refractivity contribution in [1.82, 2.24) is 9.55 Å². The normalized spacial score (nSPS) is 14.9. The number of aromatic amines is 1. The quantitative estimate of drug-likeness (QED) is 0.260. The van der Waals surface area contributed by atoms with Crippen LogP contribution >= 0.6 is 11.3 Å². The van der Waals surface area contributed by atoms with E-state index in [1.54, 1.807) is 50.8 Å². The summed E-state index contributed by atoms with van der Waals surface area (Å²) in [6.07, 6.45) is 1.92. The number of benzene rings is 3. The summed E-state index contributed by atoms with van der Waals surface area (Å²) in [5.74, 6) is 0.541. The minimum atomic E-state index is -0.832. The summed E-state index contributed by atoms with van der Waals surface area (Å²) in [6.45, 7) is 5.74. The van der Waals surface area contributed by atoms with E-state index in [9.17, 15) is 9.59 Å². The van der Waals surface area contributed by atoms with Gasteiger partial charge < -0.3 is 19.2 Å². The number of nitrogens with zero attached hydrogens (tertiary/aromatic N) is 2. The Hall–Kier alpha value is -4.89. The van der Waals surface area contributed by atoms with Crippen LogP contribution in [0.5, 0.6) is 11.5 Å². The Balaban J connectivity index is 1.65. The van der Waals surface area contributed by atoms with Crippen molar-refractivity contribution in [3.63, 3.8) is 0 Å². The topological polar surface area (TPSA) is 94.9 Å². The molecule has 0 radical (unpaired) electrons. The number of aryl methyl sites for hydroxylation is 1. The third-order valence-corrected chi connectivity index (χ3v) is 8.56. The molecule has 2 aromatic heterocycles. The summed E-state index contributed by atoms with van der Waals surface area (Å²) in [4.78, 5) is 36.5. The predicted molar refractivity (Wildman–Crippen MR) is 168 cm³/mol. The molecule has 0 fully saturated rings. The van der Waals surface area contributed by atoms with Crippen LogP contribution in [-0.2, 0) is 9.53 Å². The Bertz CT molecular complexity index is 2090. The Kier molecular flexibility index (Phi) is 7.50. The van der Waals surface area contributed by atoms with Crippen LogP contribution in [0.2, 0.25) is 0 Å². The molecule has 3 heterocycles. The van der Waals surface area contributed by atoms with Crippen molar-refractivity contribution in [2.75, 3.05) is 20.8 Å². The number of rotatable bonds is 7. The number of methoxy groups -OCH3 is 2. The van der Waals surface area contributed by atoms with Crippen LogP contribution in [0.1, 0.15) is 36.6 Å². The van der Waals surface area contributed by atoms with Gasteiger partial charge in [-0.25, -0.2) is 9.79 Å². The van der Waals surface area contributed by atoms with E-state index < -0.39 is 12.0 Å². The van der Waals surface area contributed by atoms with Gasteiger partial charge in [0.25, 0.3) is 5.56 Å². The van der Waals surface area contributed by atoms with Gasteiger partial charge in [-0.3, -0.25) is 9.36 Å². The maximum atomic E-state index is 14.4. The van der Waals surface area contributed by atoms with Crippen molar-refractivity contribution >= 4 is 34.3 Å². The zero-order chi connectivity index (χ0) is 30.2. The zero-order valence-electron chi connectivity index (χ0n) is 24.6. The number of allylic oxidation sites excluding steroid dienone is 1. The minimum Gasteiger partial charge on any atom is -0.497 e. The van der Waals surface area contributed by atoms with Gasteiger partial charge in [-0.2, -0.15) is 0 Å². The second-order valence-electron chi connectivity index (χ2n) is 10.2. The van der Waals surface area contributed by atoms with Crippen molar-refractivity contribution < 1.29 is 19.0 Å². The van der Waals surface area contributed by atoms with E-state index in [2.05, 4.69) is 23.2 Å². The van der Waals surface area contributed by atoms with E-state index >= 15 is 0 Å². The molecule has 0 spiro atoms. The van der Waals surface area contributed by atoms with Gasteiger partial charge in [0.05, 0.1) is 42.3 Å². The van der Waals surface area contributed by atoms with Gasteiger partial charge in [-0.05, 0) is 62.7 Å². The molecule has 0 aliphatic carbocycles. The molecule has 9 heteroatoms. The van der Waals surface area contributed by atoms with E-state index in [4.69, 9.17) is 19.2 Å². The smallest absolute Gasteiger partial charge is 0.338 e. The highest BCUT2D eigenvalue weighted by Crippen LogP contribution is 2.38. The van der Waals surface area contributed by atoms with Crippen molar-refractivity contribution in [3.8, 4) is 22.8 Å². The number of carbonyl (C=O) groups is 1. The summed E-state index contributed by atoms with van der Waals surface area (Å²) in [5, 5.41) is 1.01. The highest BCUT2D eigenvalue weighted by Gasteiger charge is 2.35. The fourth-order valence-electron chi connectivity index (χ4n) is 5.58. The third kappa shape index (κ3) is 4.95. The van der Waals surface area contributed by atoms with Crippen LogP contribution < -0.4 is 24.4 Å². The number of thiazole rings is 1. The van der Waals surface area contributed by atoms with Crippen molar-refractivity contribution in [2.45, 2.75) is 26.8 Å². The number of esters is 1. The summed E-state index contributed by atoms with van der Waals surface area (Å²) in [6, 6.07) is 20.8. The van der Waals surface area contributed by atoms with Gasteiger partial charge >= 0.3 is 5.97 Å². The number of aromatic nitrogens is 2. The summed E-state index contributed by atoms with van der Waals surface area (Å²) >= 11 is 1.29. The first-order chi connectivity index (χ1) is 20.8. The monoisotopic (exact) mass is 593 g/mol. The molecule has 0 saturated carbocycles. The SMILES string of the molecule is CCOC(=O)C1=C(C)N=c2s/c(=C/c3c(-c4ccccc4)[nH]c4ccc(C)cc34)c(=O)n2[C@@H]1c1cc(OC)ccc1OC. The first kappa shape index (κ1) is 28.2. The highest BCUT2D eigenvalue weighted by molar-refractivity contribution is 7.07. The second kappa shape index (κ2) is 11.4. The van der Waals surface area contributed by atoms with Crippen LogP contribution in [0.25, 0.3) is 28.2 Å². The van der Waals surface area contributed by atoms with Crippen LogP contribution in [0.3, 0.4) is 0 Å². The van der Waals surface area contributed by atoms with Gasteiger partial charge in [0.2, 0.25) is 0 Å². The number of hydrogen-bond acceptors (Lipinski definition) is 7. The van der Waals surface area contributed by atoms with E-state index in [0.717, 1.165) is 33.3 Å². The molecule has 0 bridgehead atoms. The van der Waals surface area contributed by atoms with E-state index in [1.807, 2.05) is 43.3 Å². The Labute approximate surface area is 252 Å². The van der Waals surface area contributed by atoms with Crippen LogP contribution in [-0.4, -0.2) is 36.3 Å². The molecule has 0 unspecified atom stereocenters. The molecule has 43 heavy (non-hydrogen) atoms. The first-order valence-electron chi connectivity index (χ1n) is 13.9.